The molecule has 354 valence electrons. The number of aryl methyl sites for hydroxylation is 1. The Morgan fingerprint density at radius 1 is 1.20 bits per heavy atom. The average molecular weight is 923 g/mol. The molecular formula is C50H66N8O7S. The number of amides is 4. The van der Waals surface area contributed by atoms with Gasteiger partial charge >= 0.3 is 5.97 Å². The first-order valence-electron chi connectivity index (χ1n) is 23.0. The number of likely N-dealkylation sites (tertiary alicyclic amines) is 1. The molecule has 4 amide bonds. The molecule has 1 aromatic carbocycles. The van der Waals surface area contributed by atoms with Crippen LogP contribution < -0.4 is 10.7 Å². The van der Waals surface area contributed by atoms with Crippen LogP contribution >= 0.6 is 11.3 Å². The van der Waals surface area contributed by atoms with E-state index < -0.39 is 47.2 Å². The maximum Gasteiger partial charge on any atom is 0.324 e. The van der Waals surface area contributed by atoms with Gasteiger partial charge in [-0.1, -0.05) is 52.3 Å². The van der Waals surface area contributed by atoms with Crippen molar-refractivity contribution in [1.82, 2.24) is 35.1 Å². The van der Waals surface area contributed by atoms with Gasteiger partial charge in [0.15, 0.2) is 0 Å². The average Bonchev–Trinajstić information content (AvgIpc) is 4.05. The summed E-state index contributed by atoms with van der Waals surface area (Å²) in [4.78, 5) is 82.2. The minimum absolute atomic E-state index is 0.0626. The number of carbonyl (C=O) groups excluding carboxylic acids is 5. The number of cyclic esters (lactones) is 1. The van der Waals surface area contributed by atoms with Crippen LogP contribution in [-0.4, -0.2) is 125 Å². The fraction of sp³-hybridized carbons (Fsp3) is 0.540. The lowest BCUT2D eigenvalue weighted by Crippen LogP contribution is -2.62. The Morgan fingerprint density at radius 3 is 2.62 bits per heavy atom. The van der Waals surface area contributed by atoms with E-state index in [0.717, 1.165) is 44.7 Å². The number of likely N-dealkylation sites (N-methyl/N-ethyl adjacent to an activating group) is 1. The molecule has 2 fully saturated rings. The standard InChI is InChI=1S/C50H66N8O7S/c1-12-17-42(59)56-23-21-33(27-56)47(61)55(10)44(30(5)6)46(60)53-38-25-41-52-39(28-66-41)32-19-20-40-35(24-32)36(45(57(40)15-4)34(13-2)43(51-14-3)31(7)64-11)26-50(8,9)29-65-49(63)37-18-16-22-58(54-37)48(38)62/h13-14,19-20,24,28,30-31,33,37-38,44,54H,2,15-16,18,21-23,25-27,29H2,1,3-11H3,(H,53,60)/b43-34+,51-14?/t31-,33-,37-,38-,44-/m0/s1. The Morgan fingerprint density at radius 2 is 1.95 bits per heavy atom. The smallest absolute Gasteiger partial charge is 0.324 e. The van der Waals surface area contributed by atoms with Crippen LogP contribution in [0.4, 0.5) is 0 Å². The van der Waals surface area contributed by atoms with E-state index in [9.17, 15) is 24.0 Å². The highest BCUT2D eigenvalue weighted by molar-refractivity contribution is 7.10. The number of hydrogen-bond acceptors (Lipinski definition) is 11. The zero-order valence-corrected chi connectivity index (χ0v) is 41.0. The van der Waals surface area contributed by atoms with Crippen molar-refractivity contribution in [1.29, 1.82) is 0 Å². The summed E-state index contributed by atoms with van der Waals surface area (Å²) >= 11 is 1.39. The van der Waals surface area contributed by atoms with Crippen LogP contribution in [0.25, 0.3) is 27.7 Å². The van der Waals surface area contributed by atoms with Gasteiger partial charge in [-0.2, -0.15) is 0 Å². The summed E-state index contributed by atoms with van der Waals surface area (Å²) in [6, 6.07) is 3.48. The molecule has 0 spiro atoms. The molecule has 5 atom stereocenters. The van der Waals surface area contributed by atoms with Gasteiger partial charge in [0, 0.05) is 85.8 Å². The summed E-state index contributed by atoms with van der Waals surface area (Å²) in [5, 5.41) is 8.02. The predicted octanol–water partition coefficient (Wildman–Crippen LogP) is 5.81. The minimum Gasteiger partial charge on any atom is -0.464 e. The lowest BCUT2D eigenvalue weighted by molar-refractivity contribution is -0.155. The number of carbonyl (C=O) groups is 5. The maximum atomic E-state index is 14.6. The summed E-state index contributed by atoms with van der Waals surface area (Å²) in [5.74, 6) is 2.36. The molecule has 0 saturated carbocycles. The SMILES string of the molecule is C=C/C(=C(\N=CC)[C@H](C)OC)c1c2c3cc(ccc3n1CC)-c1csc(n1)C[C@H](NC(=O)[C@H](C(C)C)N(C)C(=O)[C@H]1CCN(C(=O)C#CC)C1)C(=O)N1CCC[C@H](N1)C(=O)OCC(C)(C)C2. The van der Waals surface area contributed by atoms with Crippen LogP contribution in [0.5, 0.6) is 0 Å². The Kier molecular flexibility index (Phi) is 16.1. The third-order valence-electron chi connectivity index (χ3n) is 12.8. The summed E-state index contributed by atoms with van der Waals surface area (Å²) in [6.45, 7) is 21.3. The highest BCUT2D eigenvalue weighted by atomic mass is 32.1. The predicted molar refractivity (Wildman–Crippen MR) is 258 cm³/mol. The minimum atomic E-state index is -1.10. The molecule has 3 aliphatic rings. The van der Waals surface area contributed by atoms with Crippen molar-refractivity contribution in [2.24, 2.45) is 22.2 Å². The largest absolute Gasteiger partial charge is 0.464 e. The molecule has 0 aliphatic carbocycles. The number of aromatic nitrogens is 2. The van der Waals surface area contributed by atoms with Crippen LogP contribution in [0, 0.1) is 29.1 Å². The number of allylic oxidation sites excluding steroid dienone is 2. The molecule has 5 heterocycles. The van der Waals surface area contributed by atoms with E-state index in [4.69, 9.17) is 19.5 Å². The van der Waals surface area contributed by atoms with Crippen LogP contribution in [0.3, 0.4) is 0 Å². The van der Waals surface area contributed by atoms with Crippen molar-refractivity contribution in [2.75, 3.05) is 40.4 Å². The number of thiazole rings is 1. The van der Waals surface area contributed by atoms with Gasteiger partial charge < -0.3 is 29.2 Å². The normalized spacial score (nSPS) is 21.4. The highest BCUT2D eigenvalue weighted by Crippen LogP contribution is 2.40. The van der Waals surface area contributed by atoms with E-state index in [2.05, 4.69) is 66.6 Å². The monoisotopic (exact) mass is 922 g/mol. The van der Waals surface area contributed by atoms with Crippen LogP contribution in [0.15, 0.2) is 46.9 Å². The number of hydrogen-bond donors (Lipinski definition) is 2. The maximum absolute atomic E-state index is 14.6. The third kappa shape index (κ3) is 10.6. The second-order valence-corrected chi connectivity index (χ2v) is 19.4. The summed E-state index contributed by atoms with van der Waals surface area (Å²) in [5.41, 5.74) is 8.81. The number of rotatable bonds is 11. The molecule has 2 saturated heterocycles. The highest BCUT2D eigenvalue weighted by Gasteiger charge is 2.40. The first-order valence-corrected chi connectivity index (χ1v) is 23.9. The zero-order valence-electron chi connectivity index (χ0n) is 40.2. The molecule has 66 heavy (non-hydrogen) atoms. The molecule has 2 N–H and O–H groups in total. The van der Waals surface area contributed by atoms with Crippen molar-refractivity contribution in [2.45, 2.75) is 118 Å². The second kappa shape index (κ2) is 21.3. The molecule has 0 unspecified atom stereocenters. The van der Waals surface area contributed by atoms with Gasteiger partial charge in [0.25, 0.3) is 11.8 Å². The van der Waals surface area contributed by atoms with Crippen molar-refractivity contribution >= 4 is 63.6 Å². The van der Waals surface area contributed by atoms with E-state index in [-0.39, 0.29) is 43.4 Å². The van der Waals surface area contributed by atoms with E-state index in [1.165, 1.54) is 21.2 Å². The van der Waals surface area contributed by atoms with Crippen molar-refractivity contribution in [3.05, 3.63) is 58.2 Å². The molecule has 6 bridgehead atoms. The quantitative estimate of drug-likeness (QED) is 0.104. The van der Waals surface area contributed by atoms with Gasteiger partial charge in [-0.05, 0) is 82.9 Å². The lowest BCUT2D eigenvalue weighted by Gasteiger charge is -2.36. The molecule has 3 aliphatic heterocycles. The summed E-state index contributed by atoms with van der Waals surface area (Å²) in [6.07, 6.45) is 5.32. The number of methoxy groups -OCH3 is 1. The van der Waals surface area contributed by atoms with Gasteiger partial charge in [0.1, 0.15) is 18.1 Å². The van der Waals surface area contributed by atoms with Gasteiger partial charge in [-0.25, -0.2) is 10.4 Å². The van der Waals surface area contributed by atoms with Crippen LogP contribution in [0.2, 0.25) is 0 Å². The number of ether oxygens (including phenoxy) is 2. The number of aliphatic imine (C=N–C) groups is 1. The van der Waals surface area contributed by atoms with Gasteiger partial charge in [0.2, 0.25) is 11.8 Å². The van der Waals surface area contributed by atoms with Gasteiger partial charge in [-0.15, -0.1) is 11.3 Å². The summed E-state index contributed by atoms with van der Waals surface area (Å²) < 4.78 is 14.2. The Labute approximate surface area is 393 Å². The van der Waals surface area contributed by atoms with Crippen LogP contribution in [0.1, 0.15) is 90.9 Å². The van der Waals surface area contributed by atoms with E-state index in [1.807, 2.05) is 45.2 Å². The molecule has 15 nitrogen and oxygen atoms in total. The van der Waals surface area contributed by atoms with Gasteiger partial charge in [-0.3, -0.25) is 34.0 Å². The fourth-order valence-corrected chi connectivity index (χ4v) is 10.3. The Balaban J connectivity index is 1.41. The number of benzene rings is 1. The molecular weight excluding hydrogens is 857 g/mol. The lowest BCUT2D eigenvalue weighted by atomic mass is 9.84. The Hall–Kier alpha value is -5.63. The molecule has 16 heteroatoms. The second-order valence-electron chi connectivity index (χ2n) is 18.5. The van der Waals surface area contributed by atoms with E-state index in [0.29, 0.717) is 50.3 Å². The van der Waals surface area contributed by atoms with Crippen molar-refractivity contribution in [3.63, 3.8) is 0 Å². The van der Waals surface area contributed by atoms with Crippen molar-refractivity contribution < 1.29 is 33.4 Å². The van der Waals surface area contributed by atoms with E-state index in [1.54, 1.807) is 32.2 Å². The summed E-state index contributed by atoms with van der Waals surface area (Å²) in [7, 11) is 3.26. The van der Waals surface area contributed by atoms with Crippen molar-refractivity contribution in [3.8, 4) is 23.1 Å². The van der Waals surface area contributed by atoms with Crippen LogP contribution in [-0.2, 0) is 52.8 Å². The van der Waals surface area contributed by atoms with Gasteiger partial charge in [0.05, 0.1) is 40.7 Å². The number of fused-ring (bicyclic) bond motifs is 6. The van der Waals surface area contributed by atoms with E-state index >= 15 is 0 Å². The molecule has 6 rings (SSSR count). The number of hydrazine groups is 1. The number of esters is 1. The molecule has 2 aromatic heterocycles. The Bertz CT molecular complexity index is 2470. The first-order chi connectivity index (χ1) is 31.5. The number of nitrogens with zero attached hydrogens (tertiary/aromatic N) is 6. The molecule has 3 aromatic rings. The molecule has 0 radical (unpaired) electrons. The topological polar surface area (TPSA) is 168 Å². The fourth-order valence-electron chi connectivity index (χ4n) is 9.42. The third-order valence-corrected chi connectivity index (χ3v) is 13.7. The number of nitrogens with one attached hydrogen (secondary N) is 2. The first kappa shape index (κ1) is 49.8. The zero-order chi connectivity index (χ0) is 48.0.